The van der Waals surface area contributed by atoms with Crippen molar-refractivity contribution in [2.24, 2.45) is 4.99 Å². The Labute approximate surface area is 135 Å². The third-order valence-electron chi connectivity index (χ3n) is 3.58. The van der Waals surface area contributed by atoms with E-state index in [4.69, 9.17) is 4.74 Å². The van der Waals surface area contributed by atoms with Crippen LogP contribution in [0, 0.1) is 0 Å². The van der Waals surface area contributed by atoms with Crippen molar-refractivity contribution in [1.82, 2.24) is 0 Å². The van der Waals surface area contributed by atoms with Gasteiger partial charge in [-0.3, -0.25) is 4.99 Å². The Morgan fingerprint density at radius 2 is 1.52 bits per heavy atom. The fraction of sp³-hybridized carbons (Fsp3) is 0.0500. The van der Waals surface area contributed by atoms with Crippen molar-refractivity contribution >= 4 is 11.9 Å². The van der Waals surface area contributed by atoms with E-state index in [2.05, 4.69) is 17.1 Å². The van der Waals surface area contributed by atoms with Crippen molar-refractivity contribution in [3.63, 3.8) is 0 Å². The molecule has 0 bridgehead atoms. The van der Waals surface area contributed by atoms with Crippen LogP contribution in [0.2, 0.25) is 0 Å². The number of phenolic OH excluding ortho intramolecular Hbond substituents is 1. The van der Waals surface area contributed by atoms with Gasteiger partial charge in [-0.2, -0.15) is 0 Å². The summed E-state index contributed by atoms with van der Waals surface area (Å²) < 4.78 is 5.09. The molecule has 0 saturated heterocycles. The number of aromatic hydroxyl groups is 1. The summed E-state index contributed by atoms with van der Waals surface area (Å²) in [5.41, 5.74) is 3.77. The number of nitrogens with zero attached hydrogens (tertiary/aromatic N) is 1. The largest absolute Gasteiger partial charge is 0.504 e. The van der Waals surface area contributed by atoms with E-state index in [-0.39, 0.29) is 5.75 Å². The van der Waals surface area contributed by atoms with Crippen molar-refractivity contribution in [3.8, 4) is 22.6 Å². The van der Waals surface area contributed by atoms with Crippen LogP contribution in [0.15, 0.2) is 77.8 Å². The lowest BCUT2D eigenvalue weighted by Crippen LogP contribution is -1.88. The maximum absolute atomic E-state index is 10.0. The summed E-state index contributed by atoms with van der Waals surface area (Å²) in [5, 5.41) is 10.0. The van der Waals surface area contributed by atoms with Gasteiger partial charge in [-0.15, -0.1) is 0 Å². The predicted octanol–water partition coefficient (Wildman–Crippen LogP) is 4.82. The molecule has 0 saturated carbocycles. The molecule has 3 aromatic rings. The lowest BCUT2D eigenvalue weighted by molar-refractivity contribution is 0.373. The van der Waals surface area contributed by atoms with E-state index in [9.17, 15) is 5.11 Å². The first-order chi connectivity index (χ1) is 11.3. The number of aliphatic imine (C=N–C) groups is 1. The van der Waals surface area contributed by atoms with Crippen molar-refractivity contribution in [2.75, 3.05) is 7.11 Å². The van der Waals surface area contributed by atoms with Gasteiger partial charge in [0.25, 0.3) is 0 Å². The molecule has 1 N–H and O–H groups in total. The molecular weight excluding hydrogens is 286 g/mol. The Kier molecular flexibility index (Phi) is 4.39. The molecule has 3 heteroatoms. The van der Waals surface area contributed by atoms with E-state index in [0.717, 1.165) is 11.3 Å². The SMILES string of the molecule is COc1cccc(C=Nc2ccc(-c3ccccc3)cc2)c1O. The maximum atomic E-state index is 10.0. The topological polar surface area (TPSA) is 41.8 Å². The third-order valence-corrected chi connectivity index (χ3v) is 3.58. The van der Waals surface area contributed by atoms with E-state index >= 15 is 0 Å². The number of methoxy groups -OCH3 is 1. The lowest BCUT2D eigenvalue weighted by Gasteiger charge is -2.05. The molecule has 0 fully saturated rings. The summed E-state index contributed by atoms with van der Waals surface area (Å²) in [6.45, 7) is 0. The molecule has 0 aliphatic carbocycles. The van der Waals surface area contributed by atoms with Crippen molar-refractivity contribution < 1.29 is 9.84 Å². The Hall–Kier alpha value is -3.07. The van der Waals surface area contributed by atoms with Crippen LogP contribution in [0.5, 0.6) is 11.5 Å². The van der Waals surface area contributed by atoms with Gasteiger partial charge in [0.2, 0.25) is 0 Å². The Balaban J connectivity index is 1.81. The molecule has 114 valence electrons. The van der Waals surface area contributed by atoms with Crippen LogP contribution in [0.3, 0.4) is 0 Å². The number of para-hydroxylation sites is 1. The zero-order valence-corrected chi connectivity index (χ0v) is 12.8. The van der Waals surface area contributed by atoms with E-state index in [1.807, 2.05) is 48.5 Å². The second kappa shape index (κ2) is 6.79. The number of benzene rings is 3. The predicted molar refractivity (Wildman–Crippen MR) is 93.8 cm³/mol. The maximum Gasteiger partial charge on any atom is 0.166 e. The molecule has 0 amide bonds. The van der Waals surface area contributed by atoms with Gasteiger partial charge < -0.3 is 9.84 Å². The summed E-state index contributed by atoms with van der Waals surface area (Å²) in [7, 11) is 1.53. The molecule has 3 rings (SSSR count). The van der Waals surface area contributed by atoms with Gasteiger partial charge in [0.05, 0.1) is 12.8 Å². The Morgan fingerprint density at radius 3 is 2.22 bits per heavy atom. The molecule has 0 atom stereocenters. The molecule has 3 nitrogen and oxygen atoms in total. The average molecular weight is 303 g/mol. The minimum absolute atomic E-state index is 0.0969. The van der Waals surface area contributed by atoms with Gasteiger partial charge >= 0.3 is 0 Å². The Morgan fingerprint density at radius 1 is 0.826 bits per heavy atom. The van der Waals surface area contributed by atoms with Crippen molar-refractivity contribution in [2.45, 2.75) is 0 Å². The highest BCUT2D eigenvalue weighted by Gasteiger charge is 2.04. The van der Waals surface area contributed by atoms with Gasteiger partial charge in [-0.05, 0) is 35.4 Å². The molecule has 0 heterocycles. The molecule has 0 aliphatic rings. The first kappa shape index (κ1) is 14.9. The van der Waals surface area contributed by atoms with Crippen LogP contribution in [-0.2, 0) is 0 Å². The van der Waals surface area contributed by atoms with Gasteiger partial charge in [0.1, 0.15) is 0 Å². The highest BCUT2D eigenvalue weighted by Crippen LogP contribution is 2.29. The number of rotatable bonds is 4. The first-order valence-corrected chi connectivity index (χ1v) is 7.33. The molecule has 0 spiro atoms. The number of phenols is 1. The zero-order valence-electron chi connectivity index (χ0n) is 12.8. The number of hydrogen-bond donors (Lipinski definition) is 1. The van der Waals surface area contributed by atoms with Crippen molar-refractivity contribution in [3.05, 3.63) is 78.4 Å². The summed E-state index contributed by atoms with van der Waals surface area (Å²) in [5.74, 6) is 0.535. The van der Waals surface area contributed by atoms with E-state index in [1.165, 1.54) is 12.7 Å². The van der Waals surface area contributed by atoms with Crippen LogP contribution in [0.4, 0.5) is 5.69 Å². The number of ether oxygens (including phenoxy) is 1. The second-order valence-electron chi connectivity index (χ2n) is 5.07. The summed E-state index contributed by atoms with van der Waals surface area (Å²) >= 11 is 0. The van der Waals surface area contributed by atoms with Crippen molar-refractivity contribution in [1.29, 1.82) is 0 Å². The summed E-state index contributed by atoms with van der Waals surface area (Å²) in [4.78, 5) is 4.41. The molecular formula is C20H17NO2. The zero-order chi connectivity index (χ0) is 16.1. The molecule has 0 radical (unpaired) electrons. The minimum Gasteiger partial charge on any atom is -0.504 e. The molecule has 3 aromatic carbocycles. The molecule has 0 aliphatic heterocycles. The quantitative estimate of drug-likeness (QED) is 0.702. The van der Waals surface area contributed by atoms with E-state index in [0.29, 0.717) is 11.3 Å². The number of hydrogen-bond acceptors (Lipinski definition) is 3. The smallest absolute Gasteiger partial charge is 0.166 e. The van der Waals surface area contributed by atoms with Gasteiger partial charge in [-0.1, -0.05) is 48.5 Å². The van der Waals surface area contributed by atoms with E-state index < -0.39 is 0 Å². The van der Waals surface area contributed by atoms with Gasteiger partial charge in [0.15, 0.2) is 11.5 Å². The molecule has 0 aromatic heterocycles. The van der Waals surface area contributed by atoms with Crippen LogP contribution in [0.25, 0.3) is 11.1 Å². The highest BCUT2D eigenvalue weighted by molar-refractivity contribution is 5.86. The van der Waals surface area contributed by atoms with E-state index in [1.54, 1.807) is 18.3 Å². The fourth-order valence-corrected chi connectivity index (χ4v) is 2.32. The van der Waals surface area contributed by atoms with Crippen LogP contribution < -0.4 is 4.74 Å². The molecule has 23 heavy (non-hydrogen) atoms. The third kappa shape index (κ3) is 3.40. The van der Waals surface area contributed by atoms with Crippen LogP contribution in [-0.4, -0.2) is 18.4 Å². The first-order valence-electron chi connectivity index (χ1n) is 7.33. The second-order valence-corrected chi connectivity index (χ2v) is 5.07. The standard InChI is InChI=1S/C20H17NO2/c1-23-19-9-5-8-17(20(19)22)14-21-18-12-10-16(11-13-18)15-6-3-2-4-7-15/h2-14,22H,1H3. The van der Waals surface area contributed by atoms with Crippen LogP contribution in [0.1, 0.15) is 5.56 Å². The summed E-state index contributed by atoms with van der Waals surface area (Å²) in [6.07, 6.45) is 1.63. The Bertz CT molecular complexity index is 809. The lowest BCUT2D eigenvalue weighted by atomic mass is 10.1. The highest BCUT2D eigenvalue weighted by atomic mass is 16.5. The fourth-order valence-electron chi connectivity index (χ4n) is 2.32. The van der Waals surface area contributed by atoms with Gasteiger partial charge in [0, 0.05) is 11.8 Å². The minimum atomic E-state index is 0.0969. The van der Waals surface area contributed by atoms with Gasteiger partial charge in [-0.25, -0.2) is 0 Å². The monoisotopic (exact) mass is 303 g/mol. The average Bonchev–Trinajstić information content (AvgIpc) is 2.62. The normalized spacial score (nSPS) is 10.8. The summed E-state index contributed by atoms with van der Waals surface area (Å²) in [6, 6.07) is 23.5. The molecule has 0 unspecified atom stereocenters. The van der Waals surface area contributed by atoms with Crippen LogP contribution >= 0.6 is 0 Å².